The van der Waals surface area contributed by atoms with Gasteiger partial charge in [-0.25, -0.2) is 14.4 Å². The lowest BCUT2D eigenvalue weighted by Gasteiger charge is -2.11. The maximum absolute atomic E-state index is 12.8. The standard InChI is InChI=1S/C43H47NO7/c1-3-5-8-11-32-12-15-34(16-13-32)35-17-19-36(20-18-35)42(46)50-29-26-33-14-25-40(38(30-33)31-44)51-43(47)37-21-23-39(24-22-37)48-27-9-6-7-10-28-49-41(45)4-2/h4,12-25,30-31,44H,2-3,5-11,26-29H2,1H3. The fourth-order valence-electron chi connectivity index (χ4n) is 5.37. The minimum Gasteiger partial charge on any atom is -0.494 e. The Kier molecular flexibility index (Phi) is 15.7. The van der Waals surface area contributed by atoms with Crippen molar-refractivity contribution in [2.45, 2.75) is 64.7 Å². The number of unbranched alkanes of at least 4 members (excludes halogenated alkanes) is 5. The van der Waals surface area contributed by atoms with E-state index in [1.807, 2.05) is 12.1 Å². The summed E-state index contributed by atoms with van der Waals surface area (Å²) in [6.45, 7) is 6.66. The van der Waals surface area contributed by atoms with Crippen molar-refractivity contribution in [2.75, 3.05) is 19.8 Å². The molecule has 0 aromatic heterocycles. The predicted molar refractivity (Wildman–Crippen MR) is 200 cm³/mol. The fraction of sp³-hybridized carbons (Fsp3) is 0.302. The van der Waals surface area contributed by atoms with Gasteiger partial charge in [0.2, 0.25) is 0 Å². The number of hydrogen-bond donors (Lipinski definition) is 1. The van der Waals surface area contributed by atoms with Crippen LogP contribution in [0.3, 0.4) is 0 Å². The second-order valence-electron chi connectivity index (χ2n) is 12.2. The maximum Gasteiger partial charge on any atom is 0.343 e. The van der Waals surface area contributed by atoms with E-state index in [4.69, 9.17) is 24.4 Å². The minimum atomic E-state index is -0.547. The van der Waals surface area contributed by atoms with Gasteiger partial charge in [-0.3, -0.25) is 0 Å². The van der Waals surface area contributed by atoms with Gasteiger partial charge in [0.1, 0.15) is 11.5 Å². The molecule has 0 saturated carbocycles. The monoisotopic (exact) mass is 689 g/mol. The average Bonchev–Trinajstić information content (AvgIpc) is 3.16. The zero-order valence-electron chi connectivity index (χ0n) is 29.4. The molecule has 4 aromatic carbocycles. The van der Waals surface area contributed by atoms with Gasteiger partial charge in [-0.2, -0.15) is 0 Å². The smallest absolute Gasteiger partial charge is 0.343 e. The molecule has 266 valence electrons. The first-order valence-corrected chi connectivity index (χ1v) is 17.6. The third kappa shape index (κ3) is 12.7. The summed E-state index contributed by atoms with van der Waals surface area (Å²) in [5.41, 5.74) is 5.60. The van der Waals surface area contributed by atoms with Crippen molar-refractivity contribution in [3.63, 3.8) is 0 Å². The number of aryl methyl sites for hydroxylation is 1. The molecular formula is C43H47NO7. The number of carbonyl (C=O) groups is 3. The molecule has 0 aliphatic rings. The van der Waals surface area contributed by atoms with Crippen molar-refractivity contribution in [2.24, 2.45) is 0 Å². The topological polar surface area (TPSA) is 112 Å². The van der Waals surface area contributed by atoms with Crippen LogP contribution in [0.1, 0.15) is 89.3 Å². The largest absolute Gasteiger partial charge is 0.494 e. The van der Waals surface area contributed by atoms with Crippen molar-refractivity contribution in [3.8, 4) is 22.6 Å². The Morgan fingerprint density at radius 1 is 0.647 bits per heavy atom. The summed E-state index contributed by atoms with van der Waals surface area (Å²) in [7, 11) is 0. The van der Waals surface area contributed by atoms with E-state index in [1.165, 1.54) is 24.8 Å². The van der Waals surface area contributed by atoms with E-state index in [2.05, 4.69) is 37.8 Å². The van der Waals surface area contributed by atoms with Crippen LogP contribution in [-0.4, -0.2) is 43.9 Å². The lowest BCUT2D eigenvalue weighted by atomic mass is 10.0. The molecule has 0 bridgehead atoms. The van der Waals surface area contributed by atoms with Gasteiger partial charge in [0.15, 0.2) is 0 Å². The van der Waals surface area contributed by atoms with Crippen LogP contribution in [0.25, 0.3) is 11.1 Å². The lowest BCUT2D eigenvalue weighted by molar-refractivity contribution is -0.137. The molecular weight excluding hydrogens is 642 g/mol. The Bertz CT molecular complexity index is 1730. The third-order valence-corrected chi connectivity index (χ3v) is 8.34. The molecule has 0 aliphatic heterocycles. The molecule has 0 fully saturated rings. The summed E-state index contributed by atoms with van der Waals surface area (Å²) in [6, 6.07) is 27.9. The molecule has 0 unspecified atom stereocenters. The summed E-state index contributed by atoms with van der Waals surface area (Å²) in [5, 5.41) is 7.85. The van der Waals surface area contributed by atoms with Crippen LogP contribution in [0, 0.1) is 5.41 Å². The fourth-order valence-corrected chi connectivity index (χ4v) is 5.37. The van der Waals surface area contributed by atoms with Crippen LogP contribution in [0.15, 0.2) is 104 Å². The number of rotatable bonds is 21. The van der Waals surface area contributed by atoms with Crippen molar-refractivity contribution in [3.05, 3.63) is 131 Å². The summed E-state index contributed by atoms with van der Waals surface area (Å²) < 4.78 is 21.9. The Balaban J connectivity index is 1.19. The molecule has 8 heteroatoms. The number of esters is 3. The highest BCUT2D eigenvalue weighted by Gasteiger charge is 2.13. The maximum atomic E-state index is 12.8. The Labute approximate surface area is 300 Å². The second-order valence-corrected chi connectivity index (χ2v) is 12.2. The minimum absolute atomic E-state index is 0.165. The highest BCUT2D eigenvalue weighted by Crippen LogP contribution is 2.23. The molecule has 0 radical (unpaired) electrons. The highest BCUT2D eigenvalue weighted by atomic mass is 16.5. The Morgan fingerprint density at radius 3 is 1.94 bits per heavy atom. The van der Waals surface area contributed by atoms with E-state index in [1.54, 1.807) is 54.6 Å². The molecule has 0 heterocycles. The number of hydrogen-bond acceptors (Lipinski definition) is 8. The number of carbonyl (C=O) groups excluding carboxylic acids is 3. The van der Waals surface area contributed by atoms with Gasteiger partial charge in [-0.1, -0.05) is 68.8 Å². The summed E-state index contributed by atoms with van der Waals surface area (Å²) in [6.07, 6.45) is 11.0. The van der Waals surface area contributed by atoms with Crippen LogP contribution < -0.4 is 9.47 Å². The molecule has 51 heavy (non-hydrogen) atoms. The van der Waals surface area contributed by atoms with Gasteiger partial charge in [0.05, 0.1) is 30.9 Å². The summed E-state index contributed by atoms with van der Waals surface area (Å²) in [5.74, 6) is -0.440. The van der Waals surface area contributed by atoms with E-state index in [0.717, 1.165) is 61.1 Å². The van der Waals surface area contributed by atoms with Crippen LogP contribution in [0.4, 0.5) is 0 Å². The van der Waals surface area contributed by atoms with Crippen LogP contribution in [0.2, 0.25) is 0 Å². The zero-order chi connectivity index (χ0) is 36.3. The second kappa shape index (κ2) is 20.9. The van der Waals surface area contributed by atoms with Crippen molar-refractivity contribution >= 4 is 24.1 Å². The number of nitrogens with one attached hydrogen (secondary N) is 1. The van der Waals surface area contributed by atoms with E-state index in [9.17, 15) is 14.4 Å². The first kappa shape index (κ1) is 38.3. The van der Waals surface area contributed by atoms with Gasteiger partial charge in [-0.05, 0) is 109 Å². The normalized spacial score (nSPS) is 10.6. The summed E-state index contributed by atoms with van der Waals surface area (Å²) in [4.78, 5) is 36.6. The predicted octanol–water partition coefficient (Wildman–Crippen LogP) is 9.37. The van der Waals surface area contributed by atoms with Crippen LogP contribution in [-0.2, 0) is 27.1 Å². The number of ether oxygens (including phenoxy) is 4. The SMILES string of the molecule is C=CC(=O)OCCCCCCOc1ccc(C(=O)Oc2ccc(CCOC(=O)c3ccc(-c4ccc(CCCCC)cc4)cc3)cc2C=N)cc1. The van der Waals surface area contributed by atoms with Crippen LogP contribution >= 0.6 is 0 Å². The highest BCUT2D eigenvalue weighted by molar-refractivity contribution is 5.93. The van der Waals surface area contributed by atoms with Crippen molar-refractivity contribution in [1.82, 2.24) is 0 Å². The van der Waals surface area contributed by atoms with Gasteiger partial charge in [0, 0.05) is 24.3 Å². The average molecular weight is 690 g/mol. The lowest BCUT2D eigenvalue weighted by Crippen LogP contribution is -2.11. The molecule has 0 amide bonds. The quantitative estimate of drug-likeness (QED) is 0.0305. The van der Waals surface area contributed by atoms with Gasteiger partial charge in [-0.15, -0.1) is 0 Å². The molecule has 4 rings (SSSR count). The molecule has 0 saturated heterocycles. The summed E-state index contributed by atoms with van der Waals surface area (Å²) >= 11 is 0. The van der Waals surface area contributed by atoms with Gasteiger partial charge < -0.3 is 24.4 Å². The van der Waals surface area contributed by atoms with Crippen molar-refractivity contribution < 1.29 is 33.3 Å². The zero-order valence-corrected chi connectivity index (χ0v) is 29.4. The molecule has 0 atom stereocenters. The van der Waals surface area contributed by atoms with Crippen molar-refractivity contribution in [1.29, 1.82) is 5.41 Å². The van der Waals surface area contributed by atoms with E-state index < -0.39 is 17.9 Å². The van der Waals surface area contributed by atoms with E-state index in [-0.39, 0.29) is 12.4 Å². The molecule has 0 spiro atoms. The first-order valence-electron chi connectivity index (χ1n) is 17.6. The van der Waals surface area contributed by atoms with E-state index >= 15 is 0 Å². The molecule has 4 aromatic rings. The number of benzene rings is 4. The molecule has 1 N–H and O–H groups in total. The van der Waals surface area contributed by atoms with Gasteiger partial charge >= 0.3 is 17.9 Å². The molecule has 8 nitrogen and oxygen atoms in total. The first-order chi connectivity index (χ1) is 24.9. The Hall–Kier alpha value is -5.50. The third-order valence-electron chi connectivity index (χ3n) is 8.34. The van der Waals surface area contributed by atoms with Crippen LogP contribution in [0.5, 0.6) is 11.5 Å². The van der Waals surface area contributed by atoms with E-state index in [0.29, 0.717) is 42.1 Å². The van der Waals surface area contributed by atoms with Gasteiger partial charge in [0.25, 0.3) is 0 Å². The Morgan fingerprint density at radius 2 is 1.27 bits per heavy atom. The molecule has 0 aliphatic carbocycles.